The first kappa shape index (κ1) is 22.4. The van der Waals surface area contributed by atoms with Crippen molar-refractivity contribution in [3.63, 3.8) is 0 Å². The summed E-state index contributed by atoms with van der Waals surface area (Å²) in [5.74, 6) is -1.98. The normalized spacial score (nSPS) is 12.8. The summed E-state index contributed by atoms with van der Waals surface area (Å²) in [7, 11) is 0. The molecule has 142 valence electrons. The number of likely N-dealkylation sites (N-methyl/N-ethyl adjacent to an activating group) is 1. The first-order valence-corrected chi connectivity index (χ1v) is 9.07. The van der Waals surface area contributed by atoms with Gasteiger partial charge in [-0.3, -0.25) is 4.79 Å². The summed E-state index contributed by atoms with van der Waals surface area (Å²) < 4.78 is 26.6. The number of carbonyl (C=O) groups excluding carboxylic acids is 1. The summed E-state index contributed by atoms with van der Waals surface area (Å²) in [5.41, 5.74) is 0.811. The maximum Gasteiger partial charge on any atom is 0.238 e. The van der Waals surface area contributed by atoms with Crippen LogP contribution in [0.5, 0.6) is 0 Å². The van der Waals surface area contributed by atoms with E-state index in [1.54, 1.807) is 0 Å². The second kappa shape index (κ2) is 11.2. The van der Waals surface area contributed by atoms with Gasteiger partial charge in [0.05, 0.1) is 0 Å². The Morgan fingerprint density at radius 2 is 1.81 bits per heavy atom. The molecular formula is C19H23ClF2N2OS. The number of hydrogen-bond donors (Lipinski definition) is 2. The van der Waals surface area contributed by atoms with Crippen LogP contribution in [0.25, 0.3) is 0 Å². The van der Waals surface area contributed by atoms with Gasteiger partial charge in [0.25, 0.3) is 0 Å². The van der Waals surface area contributed by atoms with E-state index in [4.69, 9.17) is 0 Å². The standard InChI is InChI=1S/C19H22F2N2OS.ClH/c1-3-22-13(2)12-23-19(24)18(14-7-5-4-6-8-14)25-15-9-10-16(20)17(21)11-15;/h4-11,13,18,22H,3,12H2,1-2H3,(H,23,24);1H/t13-,18?;/m1./s1. The lowest BCUT2D eigenvalue weighted by atomic mass is 10.1. The quantitative estimate of drug-likeness (QED) is 0.648. The van der Waals surface area contributed by atoms with E-state index in [1.807, 2.05) is 44.2 Å². The van der Waals surface area contributed by atoms with E-state index >= 15 is 0 Å². The molecule has 0 bridgehead atoms. The van der Waals surface area contributed by atoms with E-state index in [0.29, 0.717) is 11.4 Å². The number of thioether (sulfide) groups is 1. The summed E-state index contributed by atoms with van der Waals surface area (Å²) in [5, 5.41) is 5.61. The van der Waals surface area contributed by atoms with E-state index in [0.717, 1.165) is 24.2 Å². The van der Waals surface area contributed by atoms with E-state index in [9.17, 15) is 13.6 Å². The topological polar surface area (TPSA) is 41.1 Å². The average molecular weight is 401 g/mol. The van der Waals surface area contributed by atoms with Gasteiger partial charge in [-0.25, -0.2) is 8.78 Å². The van der Waals surface area contributed by atoms with E-state index in [2.05, 4.69) is 10.6 Å². The Morgan fingerprint density at radius 3 is 2.42 bits per heavy atom. The maximum absolute atomic E-state index is 13.5. The summed E-state index contributed by atoms with van der Waals surface area (Å²) in [4.78, 5) is 13.2. The van der Waals surface area contributed by atoms with Gasteiger partial charge >= 0.3 is 0 Å². The minimum absolute atomic E-state index is 0. The van der Waals surface area contributed by atoms with Gasteiger partial charge in [-0.15, -0.1) is 24.2 Å². The van der Waals surface area contributed by atoms with Crippen LogP contribution >= 0.6 is 24.2 Å². The highest BCUT2D eigenvalue weighted by molar-refractivity contribution is 8.00. The Hall–Kier alpha value is -1.63. The van der Waals surface area contributed by atoms with Gasteiger partial charge < -0.3 is 10.6 Å². The number of carbonyl (C=O) groups is 1. The second-order valence-corrected chi connectivity index (χ2v) is 6.87. The fourth-order valence-corrected chi connectivity index (χ4v) is 3.43. The van der Waals surface area contributed by atoms with Crippen molar-refractivity contribution in [3.8, 4) is 0 Å². The van der Waals surface area contributed by atoms with Crippen molar-refractivity contribution in [2.45, 2.75) is 30.0 Å². The molecule has 1 unspecified atom stereocenters. The molecule has 0 heterocycles. The molecule has 0 aliphatic rings. The van der Waals surface area contributed by atoms with Crippen LogP contribution in [0.2, 0.25) is 0 Å². The smallest absolute Gasteiger partial charge is 0.238 e. The Labute approximate surface area is 163 Å². The minimum atomic E-state index is -0.919. The fourth-order valence-electron chi connectivity index (χ4n) is 2.35. The zero-order chi connectivity index (χ0) is 18.2. The monoisotopic (exact) mass is 400 g/mol. The van der Waals surface area contributed by atoms with E-state index < -0.39 is 16.9 Å². The van der Waals surface area contributed by atoms with Crippen LogP contribution in [0.4, 0.5) is 8.78 Å². The molecule has 2 aromatic rings. The van der Waals surface area contributed by atoms with Crippen molar-refractivity contribution in [3.05, 3.63) is 65.7 Å². The Balaban J connectivity index is 0.00000338. The van der Waals surface area contributed by atoms with Gasteiger partial charge in [-0.2, -0.15) is 0 Å². The molecule has 0 fully saturated rings. The average Bonchev–Trinajstić information content (AvgIpc) is 2.61. The molecule has 0 aliphatic carbocycles. The molecule has 2 aromatic carbocycles. The third-order valence-corrected chi connectivity index (χ3v) is 4.87. The third-order valence-electron chi connectivity index (χ3n) is 3.62. The van der Waals surface area contributed by atoms with Crippen LogP contribution in [0.15, 0.2) is 53.4 Å². The third kappa shape index (κ3) is 6.59. The molecule has 0 saturated heterocycles. The number of benzene rings is 2. The molecule has 0 aliphatic heterocycles. The molecule has 2 atom stereocenters. The fraction of sp³-hybridized carbons (Fsp3) is 0.316. The predicted octanol–water partition coefficient (Wildman–Crippen LogP) is 4.33. The SMILES string of the molecule is CCN[C@H](C)CNC(=O)C(Sc1ccc(F)c(F)c1)c1ccccc1.Cl. The van der Waals surface area contributed by atoms with Gasteiger partial charge in [0.15, 0.2) is 11.6 Å². The molecule has 2 rings (SSSR count). The molecule has 0 radical (unpaired) electrons. The number of hydrogen-bond acceptors (Lipinski definition) is 3. The van der Waals surface area contributed by atoms with Crippen LogP contribution in [0, 0.1) is 11.6 Å². The number of rotatable bonds is 8. The van der Waals surface area contributed by atoms with Crippen LogP contribution in [-0.4, -0.2) is 25.0 Å². The Bertz CT molecular complexity index is 703. The highest BCUT2D eigenvalue weighted by Gasteiger charge is 2.22. The van der Waals surface area contributed by atoms with Gasteiger partial charge in [0.2, 0.25) is 5.91 Å². The van der Waals surface area contributed by atoms with Crippen LogP contribution in [-0.2, 0) is 4.79 Å². The van der Waals surface area contributed by atoms with Gasteiger partial charge in [-0.05, 0) is 37.2 Å². The van der Waals surface area contributed by atoms with Crippen molar-refractivity contribution >= 4 is 30.1 Å². The zero-order valence-corrected chi connectivity index (χ0v) is 16.3. The molecule has 26 heavy (non-hydrogen) atoms. The number of amides is 1. The number of nitrogens with one attached hydrogen (secondary N) is 2. The molecule has 7 heteroatoms. The van der Waals surface area contributed by atoms with Crippen LogP contribution in [0.3, 0.4) is 0 Å². The van der Waals surface area contributed by atoms with Gasteiger partial charge in [0, 0.05) is 17.5 Å². The van der Waals surface area contributed by atoms with Crippen molar-refractivity contribution in [2.75, 3.05) is 13.1 Å². The summed E-state index contributed by atoms with van der Waals surface area (Å²) in [6.07, 6.45) is 0. The Morgan fingerprint density at radius 1 is 1.12 bits per heavy atom. The molecule has 3 nitrogen and oxygen atoms in total. The molecule has 0 aromatic heterocycles. The van der Waals surface area contributed by atoms with Crippen molar-refractivity contribution < 1.29 is 13.6 Å². The highest BCUT2D eigenvalue weighted by atomic mass is 35.5. The molecular weight excluding hydrogens is 378 g/mol. The lowest BCUT2D eigenvalue weighted by Gasteiger charge is -2.19. The van der Waals surface area contributed by atoms with Gasteiger partial charge in [-0.1, -0.05) is 37.3 Å². The first-order chi connectivity index (χ1) is 12.0. The summed E-state index contributed by atoms with van der Waals surface area (Å²) in [6.45, 7) is 5.31. The first-order valence-electron chi connectivity index (χ1n) is 8.19. The lowest BCUT2D eigenvalue weighted by Crippen LogP contribution is -2.40. The van der Waals surface area contributed by atoms with Gasteiger partial charge in [0.1, 0.15) is 5.25 Å². The molecule has 2 N–H and O–H groups in total. The van der Waals surface area contributed by atoms with Crippen molar-refractivity contribution in [2.24, 2.45) is 0 Å². The largest absolute Gasteiger partial charge is 0.353 e. The molecule has 0 saturated carbocycles. The Kier molecular flexibility index (Phi) is 9.62. The van der Waals surface area contributed by atoms with E-state index in [1.165, 1.54) is 17.8 Å². The van der Waals surface area contributed by atoms with Crippen LogP contribution in [0.1, 0.15) is 24.7 Å². The lowest BCUT2D eigenvalue weighted by molar-refractivity contribution is -0.120. The van der Waals surface area contributed by atoms with Crippen molar-refractivity contribution in [1.29, 1.82) is 0 Å². The highest BCUT2D eigenvalue weighted by Crippen LogP contribution is 2.35. The minimum Gasteiger partial charge on any atom is -0.353 e. The zero-order valence-electron chi connectivity index (χ0n) is 14.7. The second-order valence-electron chi connectivity index (χ2n) is 5.69. The summed E-state index contributed by atoms with van der Waals surface area (Å²) >= 11 is 1.20. The van der Waals surface area contributed by atoms with E-state index in [-0.39, 0.29) is 24.4 Å². The molecule has 0 spiro atoms. The molecule has 1 amide bonds. The summed E-state index contributed by atoms with van der Waals surface area (Å²) in [6, 6.07) is 13.1. The number of halogens is 3. The predicted molar refractivity (Wildman–Crippen MR) is 105 cm³/mol. The maximum atomic E-state index is 13.5. The van der Waals surface area contributed by atoms with Crippen molar-refractivity contribution in [1.82, 2.24) is 10.6 Å². The van der Waals surface area contributed by atoms with Crippen LogP contribution < -0.4 is 10.6 Å².